The Hall–Kier alpha value is -3.39. The summed E-state index contributed by atoms with van der Waals surface area (Å²) in [4.78, 5) is 19.1. The predicted molar refractivity (Wildman–Crippen MR) is 104 cm³/mol. The topological polar surface area (TPSA) is 112 Å². The summed E-state index contributed by atoms with van der Waals surface area (Å²) in [5, 5.41) is 11.1. The number of aromatic nitrogens is 2. The molecule has 4 aromatic rings. The number of carboxylic acids is 1. The number of aromatic amines is 1. The molecule has 2 aromatic carbocycles. The molecule has 27 heavy (non-hydrogen) atoms. The van der Waals surface area contributed by atoms with Gasteiger partial charge in [-0.2, -0.15) is 0 Å². The van der Waals surface area contributed by atoms with Crippen molar-refractivity contribution in [3.63, 3.8) is 0 Å². The Kier molecular flexibility index (Phi) is 3.85. The van der Waals surface area contributed by atoms with Crippen molar-refractivity contribution in [2.45, 2.75) is 0 Å². The number of fused-ring (bicyclic) bond motifs is 3. The number of hydrogen-bond acceptors (Lipinski definition) is 4. The van der Waals surface area contributed by atoms with Gasteiger partial charge in [-0.05, 0) is 24.3 Å². The number of benzene rings is 2. The molecular formula is C19H15N3O4S. The Morgan fingerprint density at radius 3 is 2.44 bits per heavy atom. The van der Waals surface area contributed by atoms with Crippen molar-refractivity contribution in [2.75, 3.05) is 11.0 Å². The molecule has 0 aliphatic rings. The maximum Gasteiger partial charge on any atom is 0.354 e. The van der Waals surface area contributed by atoms with Gasteiger partial charge in [0.15, 0.2) is 0 Å². The zero-order valence-electron chi connectivity index (χ0n) is 14.2. The molecule has 2 heterocycles. The van der Waals surface area contributed by atoms with Crippen molar-refractivity contribution >= 4 is 43.5 Å². The number of anilines is 1. The summed E-state index contributed by atoms with van der Waals surface area (Å²) in [6.45, 7) is 0. The summed E-state index contributed by atoms with van der Waals surface area (Å²) in [6, 6.07) is 15.8. The summed E-state index contributed by atoms with van der Waals surface area (Å²) in [6.07, 6.45) is 1.08. The number of nitrogens with zero attached hydrogens (tertiary/aromatic N) is 1. The fourth-order valence-corrected chi connectivity index (χ4v) is 3.64. The first-order chi connectivity index (χ1) is 12.8. The molecule has 0 saturated heterocycles. The smallest absolute Gasteiger partial charge is 0.354 e. The van der Waals surface area contributed by atoms with E-state index in [4.69, 9.17) is 0 Å². The summed E-state index contributed by atoms with van der Waals surface area (Å²) in [5.41, 5.74) is 3.14. The molecular weight excluding hydrogens is 366 g/mol. The van der Waals surface area contributed by atoms with Crippen molar-refractivity contribution in [3.8, 4) is 11.3 Å². The molecule has 0 unspecified atom stereocenters. The normalized spacial score (nSPS) is 11.7. The van der Waals surface area contributed by atoms with Gasteiger partial charge in [-0.15, -0.1) is 0 Å². The third-order valence-electron chi connectivity index (χ3n) is 4.18. The monoisotopic (exact) mass is 381 g/mol. The first-order valence-corrected chi connectivity index (χ1v) is 9.94. The molecule has 3 N–H and O–H groups in total. The van der Waals surface area contributed by atoms with Crippen LogP contribution in [0.2, 0.25) is 0 Å². The quantitative estimate of drug-likeness (QED) is 0.501. The van der Waals surface area contributed by atoms with Crippen molar-refractivity contribution < 1.29 is 18.3 Å². The van der Waals surface area contributed by atoms with Crippen molar-refractivity contribution in [3.05, 3.63) is 60.3 Å². The van der Waals surface area contributed by atoms with Gasteiger partial charge in [0.2, 0.25) is 10.0 Å². The van der Waals surface area contributed by atoms with Crippen LogP contribution in [-0.2, 0) is 10.0 Å². The van der Waals surface area contributed by atoms with Gasteiger partial charge in [0, 0.05) is 27.5 Å². The van der Waals surface area contributed by atoms with E-state index in [1.165, 1.54) is 0 Å². The average molecular weight is 381 g/mol. The molecule has 2 aromatic heterocycles. The highest BCUT2D eigenvalue weighted by Crippen LogP contribution is 2.33. The van der Waals surface area contributed by atoms with Gasteiger partial charge in [0.1, 0.15) is 5.69 Å². The third kappa shape index (κ3) is 3.22. The standard InChI is InChI=1S/C19H15N3O4S/c1-27(25,26)22-12-8-6-11(7-9-12)17-18-14(10-16(21-17)19(23)24)13-4-2-3-5-15(13)20-18/h2-10,20,22H,1H3,(H,23,24). The van der Waals surface area contributed by atoms with Crippen molar-refractivity contribution in [2.24, 2.45) is 0 Å². The predicted octanol–water partition coefficient (Wildman–Crippen LogP) is 3.45. The fraction of sp³-hybridized carbons (Fsp3) is 0.0526. The van der Waals surface area contributed by atoms with Crippen LogP contribution < -0.4 is 4.72 Å². The molecule has 136 valence electrons. The van der Waals surface area contributed by atoms with E-state index in [0.29, 0.717) is 16.9 Å². The lowest BCUT2D eigenvalue weighted by Gasteiger charge is -2.07. The average Bonchev–Trinajstić information content (AvgIpc) is 2.99. The minimum Gasteiger partial charge on any atom is -0.477 e. The fourth-order valence-electron chi connectivity index (χ4n) is 3.07. The summed E-state index contributed by atoms with van der Waals surface area (Å²) in [7, 11) is -3.37. The van der Waals surface area contributed by atoms with E-state index < -0.39 is 16.0 Å². The Morgan fingerprint density at radius 1 is 1.07 bits per heavy atom. The van der Waals surface area contributed by atoms with E-state index in [1.54, 1.807) is 30.3 Å². The van der Waals surface area contributed by atoms with Gasteiger partial charge in [0.25, 0.3) is 0 Å². The molecule has 0 bridgehead atoms. The van der Waals surface area contributed by atoms with Crippen LogP contribution in [0.3, 0.4) is 0 Å². The number of sulfonamides is 1. The highest BCUT2D eigenvalue weighted by Gasteiger charge is 2.16. The van der Waals surface area contributed by atoms with E-state index in [9.17, 15) is 18.3 Å². The van der Waals surface area contributed by atoms with Gasteiger partial charge in [-0.1, -0.05) is 30.3 Å². The molecule has 0 amide bonds. The third-order valence-corrected chi connectivity index (χ3v) is 4.78. The highest BCUT2D eigenvalue weighted by molar-refractivity contribution is 7.92. The molecule has 0 aliphatic heterocycles. The zero-order chi connectivity index (χ0) is 19.2. The maximum absolute atomic E-state index is 11.5. The molecule has 7 nitrogen and oxygen atoms in total. The summed E-state index contributed by atoms with van der Waals surface area (Å²) >= 11 is 0. The lowest BCUT2D eigenvalue weighted by Crippen LogP contribution is -2.09. The Bertz CT molecular complexity index is 1290. The number of para-hydroxylation sites is 1. The van der Waals surface area contributed by atoms with E-state index in [1.807, 2.05) is 24.3 Å². The number of rotatable bonds is 4. The van der Waals surface area contributed by atoms with Gasteiger partial charge in [-0.25, -0.2) is 18.2 Å². The Morgan fingerprint density at radius 2 is 1.78 bits per heavy atom. The number of pyridine rings is 1. The van der Waals surface area contributed by atoms with Gasteiger partial charge >= 0.3 is 5.97 Å². The van der Waals surface area contributed by atoms with Crippen molar-refractivity contribution in [1.29, 1.82) is 0 Å². The molecule has 0 fully saturated rings. The van der Waals surface area contributed by atoms with E-state index in [-0.39, 0.29) is 5.69 Å². The second-order valence-electron chi connectivity index (χ2n) is 6.21. The van der Waals surface area contributed by atoms with Gasteiger partial charge in [0.05, 0.1) is 17.5 Å². The highest BCUT2D eigenvalue weighted by atomic mass is 32.2. The molecule has 8 heteroatoms. The Balaban J connectivity index is 1.93. The SMILES string of the molecule is CS(=O)(=O)Nc1ccc(-c2nc(C(=O)O)cc3c2[nH]c2ccccc23)cc1. The van der Waals surface area contributed by atoms with Crippen LogP contribution in [0.15, 0.2) is 54.6 Å². The van der Waals surface area contributed by atoms with Crippen LogP contribution >= 0.6 is 0 Å². The van der Waals surface area contributed by atoms with Crippen LogP contribution in [0.4, 0.5) is 5.69 Å². The molecule has 0 aliphatic carbocycles. The second kappa shape index (κ2) is 6.10. The second-order valence-corrected chi connectivity index (χ2v) is 7.95. The van der Waals surface area contributed by atoms with Crippen LogP contribution in [0.1, 0.15) is 10.5 Å². The number of H-pyrrole nitrogens is 1. The van der Waals surface area contributed by atoms with Crippen LogP contribution in [0.25, 0.3) is 33.1 Å². The lowest BCUT2D eigenvalue weighted by molar-refractivity contribution is 0.0691. The van der Waals surface area contributed by atoms with Crippen LogP contribution in [0.5, 0.6) is 0 Å². The van der Waals surface area contributed by atoms with E-state index in [0.717, 1.165) is 28.1 Å². The van der Waals surface area contributed by atoms with Crippen molar-refractivity contribution in [1.82, 2.24) is 9.97 Å². The molecule has 0 radical (unpaired) electrons. The molecule has 4 rings (SSSR count). The van der Waals surface area contributed by atoms with E-state index in [2.05, 4.69) is 14.7 Å². The number of carbonyl (C=O) groups is 1. The molecule has 0 atom stereocenters. The first kappa shape index (κ1) is 17.0. The van der Waals surface area contributed by atoms with Crippen LogP contribution in [0, 0.1) is 0 Å². The number of nitrogens with one attached hydrogen (secondary N) is 2. The van der Waals surface area contributed by atoms with Crippen LogP contribution in [-0.4, -0.2) is 35.7 Å². The first-order valence-electron chi connectivity index (χ1n) is 8.05. The number of aromatic carboxylic acids is 1. The number of hydrogen-bond donors (Lipinski definition) is 3. The zero-order valence-corrected chi connectivity index (χ0v) is 15.0. The summed E-state index contributed by atoms with van der Waals surface area (Å²) in [5.74, 6) is -1.11. The maximum atomic E-state index is 11.5. The lowest BCUT2D eigenvalue weighted by atomic mass is 10.1. The van der Waals surface area contributed by atoms with Gasteiger partial charge < -0.3 is 10.1 Å². The van der Waals surface area contributed by atoms with Gasteiger partial charge in [-0.3, -0.25) is 4.72 Å². The molecule has 0 saturated carbocycles. The minimum absolute atomic E-state index is 0.0550. The van der Waals surface area contributed by atoms with E-state index >= 15 is 0 Å². The largest absolute Gasteiger partial charge is 0.477 e. The summed E-state index contributed by atoms with van der Waals surface area (Å²) < 4.78 is 25.1. The number of carboxylic acid groups (broad SMARTS) is 1. The molecule has 0 spiro atoms. The minimum atomic E-state index is -3.37. The Labute approximate surface area is 154 Å².